The van der Waals surface area contributed by atoms with E-state index in [0.29, 0.717) is 15.7 Å². The Morgan fingerprint density at radius 1 is 1.52 bits per heavy atom. The fraction of sp³-hybridized carbons (Fsp3) is 0.286. The van der Waals surface area contributed by atoms with Crippen LogP contribution in [0.1, 0.15) is 21.7 Å². The number of hydrogen-bond acceptors (Lipinski definition) is 3. The molecule has 0 fully saturated rings. The second kappa shape index (κ2) is 6.26. The molecule has 0 bridgehead atoms. The largest absolute Gasteiger partial charge is 0.494 e. The van der Waals surface area contributed by atoms with E-state index in [0.717, 1.165) is 5.69 Å². The van der Waals surface area contributed by atoms with Gasteiger partial charge in [0.05, 0.1) is 11.6 Å². The molecule has 21 heavy (non-hydrogen) atoms. The van der Waals surface area contributed by atoms with Crippen molar-refractivity contribution in [2.45, 2.75) is 13.5 Å². The van der Waals surface area contributed by atoms with Crippen LogP contribution in [0.3, 0.4) is 0 Å². The molecule has 1 aromatic heterocycles. The van der Waals surface area contributed by atoms with Crippen molar-refractivity contribution < 1.29 is 13.9 Å². The van der Waals surface area contributed by atoms with E-state index in [1.54, 1.807) is 13.1 Å². The number of methoxy groups -OCH3 is 1. The van der Waals surface area contributed by atoms with Gasteiger partial charge in [-0.25, -0.2) is 4.39 Å². The average molecular weight is 356 g/mol. The van der Waals surface area contributed by atoms with E-state index in [9.17, 15) is 9.18 Å². The van der Waals surface area contributed by atoms with Gasteiger partial charge in [-0.1, -0.05) is 6.07 Å². The second-order valence-electron chi connectivity index (χ2n) is 4.64. The predicted octanol–water partition coefficient (Wildman–Crippen LogP) is 2.90. The highest BCUT2D eigenvalue weighted by molar-refractivity contribution is 9.10. The van der Waals surface area contributed by atoms with E-state index < -0.39 is 5.82 Å². The SMILES string of the molecule is COc1ccc(CN(C)C(=O)c2n[nH]c(C)c2Br)cc1F. The molecule has 0 saturated heterocycles. The van der Waals surface area contributed by atoms with Gasteiger partial charge in [0.25, 0.3) is 5.91 Å². The maximum atomic E-state index is 13.6. The zero-order valence-electron chi connectivity index (χ0n) is 11.9. The van der Waals surface area contributed by atoms with Gasteiger partial charge in [-0.05, 0) is 40.5 Å². The van der Waals surface area contributed by atoms with E-state index in [2.05, 4.69) is 26.1 Å². The first kappa shape index (κ1) is 15.5. The van der Waals surface area contributed by atoms with Crippen molar-refractivity contribution in [1.29, 1.82) is 0 Å². The number of aromatic amines is 1. The van der Waals surface area contributed by atoms with Crippen molar-refractivity contribution in [2.24, 2.45) is 0 Å². The van der Waals surface area contributed by atoms with Crippen LogP contribution in [-0.2, 0) is 6.54 Å². The number of hydrogen-bond donors (Lipinski definition) is 1. The standard InChI is InChI=1S/C14H15BrFN3O2/c1-8-12(15)13(18-17-8)14(20)19(2)7-9-4-5-11(21-3)10(16)6-9/h4-6H,7H2,1-3H3,(H,17,18). The van der Waals surface area contributed by atoms with Crippen LogP contribution in [0.5, 0.6) is 5.75 Å². The van der Waals surface area contributed by atoms with Gasteiger partial charge < -0.3 is 9.64 Å². The van der Waals surface area contributed by atoms with Gasteiger partial charge >= 0.3 is 0 Å². The third-order valence-corrected chi connectivity index (χ3v) is 4.03. The van der Waals surface area contributed by atoms with E-state index in [4.69, 9.17) is 4.74 Å². The Balaban J connectivity index is 2.14. The number of carbonyl (C=O) groups excluding carboxylic acids is 1. The van der Waals surface area contributed by atoms with Gasteiger partial charge in [-0.2, -0.15) is 5.10 Å². The molecule has 2 rings (SSSR count). The van der Waals surface area contributed by atoms with Crippen LogP contribution in [0.15, 0.2) is 22.7 Å². The number of nitrogens with one attached hydrogen (secondary N) is 1. The van der Waals surface area contributed by atoms with Gasteiger partial charge in [-0.15, -0.1) is 0 Å². The van der Waals surface area contributed by atoms with Crippen LogP contribution in [0, 0.1) is 12.7 Å². The van der Waals surface area contributed by atoms with Crippen molar-refractivity contribution in [3.8, 4) is 5.75 Å². The second-order valence-corrected chi connectivity index (χ2v) is 5.43. The fourth-order valence-electron chi connectivity index (χ4n) is 1.89. The number of carbonyl (C=O) groups is 1. The summed E-state index contributed by atoms with van der Waals surface area (Å²) in [6.07, 6.45) is 0. The summed E-state index contributed by atoms with van der Waals surface area (Å²) in [6.45, 7) is 2.09. The Kier molecular flexibility index (Phi) is 4.62. The summed E-state index contributed by atoms with van der Waals surface area (Å²) >= 11 is 3.32. The van der Waals surface area contributed by atoms with Gasteiger partial charge in [0.1, 0.15) is 0 Å². The molecular formula is C14H15BrFN3O2. The maximum absolute atomic E-state index is 13.6. The first-order valence-corrected chi connectivity index (χ1v) is 7.01. The third kappa shape index (κ3) is 3.24. The molecule has 0 aliphatic carbocycles. The number of aryl methyl sites for hydroxylation is 1. The van der Waals surface area contributed by atoms with Gasteiger partial charge in [-0.3, -0.25) is 9.89 Å². The summed E-state index contributed by atoms with van der Waals surface area (Å²) in [5.41, 5.74) is 1.76. The number of nitrogens with zero attached hydrogens (tertiary/aromatic N) is 2. The summed E-state index contributed by atoms with van der Waals surface area (Å²) in [4.78, 5) is 13.8. The molecule has 5 nitrogen and oxygen atoms in total. The van der Waals surface area contributed by atoms with Crippen LogP contribution in [0.4, 0.5) is 4.39 Å². The first-order chi connectivity index (χ1) is 9.93. The van der Waals surface area contributed by atoms with Crippen molar-refractivity contribution in [3.63, 3.8) is 0 Å². The van der Waals surface area contributed by atoms with Crippen LogP contribution >= 0.6 is 15.9 Å². The molecule has 7 heteroatoms. The Bertz CT molecular complexity index is 672. The Morgan fingerprint density at radius 2 is 2.24 bits per heavy atom. The summed E-state index contributed by atoms with van der Waals surface area (Å²) in [7, 11) is 3.05. The van der Waals surface area contributed by atoms with Crippen molar-refractivity contribution in [2.75, 3.05) is 14.2 Å². The van der Waals surface area contributed by atoms with Gasteiger partial charge in [0.15, 0.2) is 17.3 Å². The number of rotatable bonds is 4. The predicted molar refractivity (Wildman–Crippen MR) is 79.8 cm³/mol. The lowest BCUT2D eigenvalue weighted by Crippen LogP contribution is -2.26. The molecule has 0 saturated carbocycles. The summed E-state index contributed by atoms with van der Waals surface area (Å²) in [5, 5.41) is 6.71. The highest BCUT2D eigenvalue weighted by atomic mass is 79.9. The Labute approximate surface area is 130 Å². The molecule has 0 aliphatic rings. The van der Waals surface area contributed by atoms with Gasteiger partial charge in [0, 0.05) is 19.3 Å². The zero-order chi connectivity index (χ0) is 15.6. The highest BCUT2D eigenvalue weighted by Crippen LogP contribution is 2.21. The lowest BCUT2D eigenvalue weighted by molar-refractivity contribution is 0.0778. The monoisotopic (exact) mass is 355 g/mol. The summed E-state index contributed by atoms with van der Waals surface area (Å²) in [6, 6.07) is 4.61. The number of ether oxygens (including phenoxy) is 1. The number of aromatic nitrogens is 2. The first-order valence-electron chi connectivity index (χ1n) is 6.22. The van der Waals surface area contributed by atoms with Crippen LogP contribution in [0.25, 0.3) is 0 Å². The normalized spacial score (nSPS) is 10.5. The number of amides is 1. The van der Waals surface area contributed by atoms with E-state index in [1.165, 1.54) is 24.1 Å². The smallest absolute Gasteiger partial charge is 0.275 e. The average Bonchev–Trinajstić information content (AvgIpc) is 2.78. The molecule has 1 amide bonds. The Morgan fingerprint density at radius 3 is 2.76 bits per heavy atom. The molecular weight excluding hydrogens is 341 g/mol. The number of H-pyrrole nitrogens is 1. The minimum absolute atomic E-state index is 0.179. The topological polar surface area (TPSA) is 58.2 Å². The highest BCUT2D eigenvalue weighted by Gasteiger charge is 2.20. The van der Waals surface area contributed by atoms with Gasteiger partial charge in [0.2, 0.25) is 0 Å². The Hall–Kier alpha value is -1.89. The molecule has 0 atom stereocenters. The zero-order valence-corrected chi connectivity index (χ0v) is 13.5. The van der Waals surface area contributed by atoms with Crippen LogP contribution in [-0.4, -0.2) is 35.2 Å². The molecule has 0 spiro atoms. The molecule has 0 aliphatic heterocycles. The van der Waals surface area contributed by atoms with Crippen LogP contribution in [0.2, 0.25) is 0 Å². The third-order valence-electron chi connectivity index (χ3n) is 3.06. The van der Waals surface area contributed by atoms with Crippen molar-refractivity contribution in [1.82, 2.24) is 15.1 Å². The minimum atomic E-state index is -0.451. The maximum Gasteiger partial charge on any atom is 0.275 e. The molecule has 0 radical (unpaired) electrons. The molecule has 112 valence electrons. The summed E-state index contributed by atoms with van der Waals surface area (Å²) < 4.78 is 19.1. The van der Waals surface area contributed by atoms with E-state index in [-0.39, 0.29) is 18.2 Å². The molecule has 2 aromatic rings. The molecule has 0 unspecified atom stereocenters. The number of benzene rings is 1. The summed E-state index contributed by atoms with van der Waals surface area (Å²) in [5.74, 6) is -0.520. The lowest BCUT2D eigenvalue weighted by atomic mass is 10.2. The van der Waals surface area contributed by atoms with Crippen LogP contribution < -0.4 is 4.74 Å². The lowest BCUT2D eigenvalue weighted by Gasteiger charge is -2.16. The van der Waals surface area contributed by atoms with E-state index in [1.807, 2.05) is 6.92 Å². The van der Waals surface area contributed by atoms with Crippen molar-refractivity contribution in [3.05, 3.63) is 45.4 Å². The quantitative estimate of drug-likeness (QED) is 0.917. The molecule has 1 aromatic carbocycles. The van der Waals surface area contributed by atoms with Crippen molar-refractivity contribution >= 4 is 21.8 Å². The van der Waals surface area contributed by atoms with E-state index >= 15 is 0 Å². The molecule has 1 heterocycles. The molecule has 1 N–H and O–H groups in total. The number of halogens is 2. The minimum Gasteiger partial charge on any atom is -0.494 e. The fourth-order valence-corrected chi connectivity index (χ4v) is 2.24.